The molecular weight excluding hydrogens is 322 g/mol. The van der Waals surface area contributed by atoms with E-state index in [1.165, 1.54) is 26.4 Å². The van der Waals surface area contributed by atoms with Crippen molar-refractivity contribution in [1.29, 1.82) is 5.26 Å². The van der Waals surface area contributed by atoms with Gasteiger partial charge in [-0.3, -0.25) is 0 Å². The van der Waals surface area contributed by atoms with Crippen LogP contribution in [0, 0.1) is 11.3 Å². The van der Waals surface area contributed by atoms with Crippen LogP contribution in [0.25, 0.3) is 6.08 Å². The molecule has 6 heteroatoms. The minimum Gasteiger partial charge on any atom is -0.493 e. The number of hydrogen-bond acceptors (Lipinski definition) is 6. The smallest absolute Gasteiger partial charge is 0.343 e. The van der Waals surface area contributed by atoms with Crippen molar-refractivity contribution in [2.45, 2.75) is 0 Å². The Morgan fingerprint density at radius 3 is 2.56 bits per heavy atom. The highest BCUT2D eigenvalue weighted by atomic mass is 16.6. The first kappa shape index (κ1) is 17.8. The van der Waals surface area contributed by atoms with Crippen molar-refractivity contribution in [3.63, 3.8) is 0 Å². The number of nitriles is 1. The Balaban J connectivity index is 2.21. The lowest BCUT2D eigenvalue weighted by atomic mass is 10.1. The van der Waals surface area contributed by atoms with Crippen LogP contribution in [0.2, 0.25) is 0 Å². The van der Waals surface area contributed by atoms with E-state index in [0.29, 0.717) is 16.9 Å². The molecule has 2 aromatic carbocycles. The van der Waals surface area contributed by atoms with Crippen LogP contribution in [0.3, 0.4) is 0 Å². The lowest BCUT2D eigenvalue weighted by molar-refractivity contribution is -0.134. The number of carbonyl (C=O) groups excluding carboxylic acids is 2. The molecule has 25 heavy (non-hydrogen) atoms. The maximum atomic E-state index is 12.2. The Labute approximate surface area is 144 Å². The average molecular weight is 337 g/mol. The van der Waals surface area contributed by atoms with E-state index in [1.807, 2.05) is 6.07 Å². The molecule has 6 nitrogen and oxygen atoms in total. The number of esters is 2. The number of benzene rings is 2. The zero-order valence-corrected chi connectivity index (χ0v) is 13.7. The number of methoxy groups -OCH3 is 2. The second-order valence-corrected chi connectivity index (χ2v) is 4.85. The van der Waals surface area contributed by atoms with Crippen LogP contribution < -0.4 is 9.47 Å². The largest absolute Gasteiger partial charge is 0.493 e. The van der Waals surface area contributed by atoms with Gasteiger partial charge in [0.25, 0.3) is 0 Å². The van der Waals surface area contributed by atoms with Gasteiger partial charge >= 0.3 is 11.9 Å². The molecule has 0 aromatic heterocycles. The quantitative estimate of drug-likeness (QED) is 0.474. The second kappa shape index (κ2) is 8.31. The van der Waals surface area contributed by atoms with E-state index in [4.69, 9.17) is 14.7 Å². The van der Waals surface area contributed by atoms with Gasteiger partial charge in [-0.2, -0.15) is 5.26 Å². The molecule has 0 N–H and O–H groups in total. The minimum absolute atomic E-state index is 0.227. The molecule has 0 radical (unpaired) electrons. The van der Waals surface area contributed by atoms with Crippen molar-refractivity contribution in [1.82, 2.24) is 0 Å². The predicted molar refractivity (Wildman–Crippen MR) is 90.2 cm³/mol. The molecule has 0 amide bonds. The zero-order chi connectivity index (χ0) is 18.2. The van der Waals surface area contributed by atoms with Gasteiger partial charge in [0.2, 0.25) is 0 Å². The number of carbonyl (C=O) groups is 2. The summed E-state index contributed by atoms with van der Waals surface area (Å²) in [5.74, 6) is -0.526. The number of ether oxygens (including phenoxy) is 3. The highest BCUT2D eigenvalue weighted by molar-refractivity contribution is 5.92. The Bertz CT molecular complexity index is 864. The van der Waals surface area contributed by atoms with Gasteiger partial charge in [-0.05, 0) is 42.0 Å². The lowest BCUT2D eigenvalue weighted by Gasteiger charge is -2.10. The molecule has 0 atom stereocenters. The van der Waals surface area contributed by atoms with E-state index >= 15 is 0 Å². The van der Waals surface area contributed by atoms with E-state index < -0.39 is 11.9 Å². The summed E-state index contributed by atoms with van der Waals surface area (Å²) >= 11 is 0. The minimum atomic E-state index is -0.603. The van der Waals surface area contributed by atoms with Crippen molar-refractivity contribution in [3.05, 3.63) is 65.2 Å². The summed E-state index contributed by atoms with van der Waals surface area (Å²) in [6.07, 6.45) is 2.82. The molecule has 0 aliphatic carbocycles. The van der Waals surface area contributed by atoms with E-state index in [1.54, 1.807) is 42.5 Å². The van der Waals surface area contributed by atoms with Crippen molar-refractivity contribution in [2.75, 3.05) is 14.2 Å². The lowest BCUT2D eigenvalue weighted by Crippen LogP contribution is -2.09. The molecule has 2 rings (SSSR count). The Morgan fingerprint density at radius 1 is 1.08 bits per heavy atom. The molecule has 0 saturated carbocycles. The number of rotatable bonds is 5. The van der Waals surface area contributed by atoms with Crippen LogP contribution in [0.4, 0.5) is 0 Å². The third-order valence-electron chi connectivity index (χ3n) is 3.23. The zero-order valence-electron chi connectivity index (χ0n) is 13.7. The molecule has 0 aliphatic heterocycles. The van der Waals surface area contributed by atoms with Gasteiger partial charge in [0, 0.05) is 6.08 Å². The maximum absolute atomic E-state index is 12.2. The SMILES string of the molecule is COC(=O)/C=C/c1ccc(OC(=O)c2cccc(C#N)c2)c(OC)c1. The summed E-state index contributed by atoms with van der Waals surface area (Å²) in [6, 6.07) is 13.0. The molecule has 0 spiro atoms. The fraction of sp³-hybridized carbons (Fsp3) is 0.105. The number of nitrogens with zero attached hydrogens (tertiary/aromatic N) is 1. The fourth-order valence-corrected chi connectivity index (χ4v) is 1.98. The van der Waals surface area contributed by atoms with Gasteiger partial charge in [-0.1, -0.05) is 12.1 Å². The third-order valence-corrected chi connectivity index (χ3v) is 3.23. The highest BCUT2D eigenvalue weighted by Crippen LogP contribution is 2.29. The second-order valence-electron chi connectivity index (χ2n) is 4.85. The van der Waals surface area contributed by atoms with Crippen LogP contribution in [0.5, 0.6) is 11.5 Å². The van der Waals surface area contributed by atoms with E-state index in [9.17, 15) is 9.59 Å². The molecule has 0 heterocycles. The first-order valence-corrected chi connectivity index (χ1v) is 7.23. The summed E-state index contributed by atoms with van der Waals surface area (Å²) in [5, 5.41) is 8.89. The summed E-state index contributed by atoms with van der Waals surface area (Å²) in [6.45, 7) is 0. The first-order chi connectivity index (χ1) is 12.1. The van der Waals surface area contributed by atoms with Crippen molar-refractivity contribution < 1.29 is 23.8 Å². The van der Waals surface area contributed by atoms with E-state index in [-0.39, 0.29) is 11.3 Å². The standard InChI is InChI=1S/C19H15NO5/c1-23-17-11-13(7-9-18(21)24-2)6-8-16(17)25-19(22)15-5-3-4-14(10-15)12-20/h3-11H,1-2H3/b9-7+. The van der Waals surface area contributed by atoms with Gasteiger partial charge in [-0.25, -0.2) is 9.59 Å². The van der Waals surface area contributed by atoms with Gasteiger partial charge in [0.1, 0.15) is 0 Å². The van der Waals surface area contributed by atoms with Gasteiger partial charge in [-0.15, -0.1) is 0 Å². The van der Waals surface area contributed by atoms with Crippen LogP contribution >= 0.6 is 0 Å². The fourth-order valence-electron chi connectivity index (χ4n) is 1.98. The van der Waals surface area contributed by atoms with Crippen LogP contribution in [0.15, 0.2) is 48.5 Å². The van der Waals surface area contributed by atoms with E-state index in [2.05, 4.69) is 4.74 Å². The monoisotopic (exact) mass is 337 g/mol. The molecule has 126 valence electrons. The van der Waals surface area contributed by atoms with Crippen molar-refractivity contribution in [2.24, 2.45) is 0 Å². The van der Waals surface area contributed by atoms with Gasteiger partial charge < -0.3 is 14.2 Å². The molecule has 0 bridgehead atoms. The summed E-state index contributed by atoms with van der Waals surface area (Å²) in [5.41, 5.74) is 1.30. The Kier molecular flexibility index (Phi) is 5.91. The van der Waals surface area contributed by atoms with E-state index in [0.717, 1.165) is 0 Å². The molecule has 0 unspecified atom stereocenters. The molecular formula is C19H15NO5. The maximum Gasteiger partial charge on any atom is 0.343 e. The Morgan fingerprint density at radius 2 is 1.88 bits per heavy atom. The summed E-state index contributed by atoms with van der Waals surface area (Å²) < 4.78 is 15.1. The van der Waals surface area contributed by atoms with Crippen molar-refractivity contribution in [3.8, 4) is 17.6 Å². The average Bonchev–Trinajstić information content (AvgIpc) is 2.66. The van der Waals surface area contributed by atoms with Crippen LogP contribution in [0.1, 0.15) is 21.5 Å². The van der Waals surface area contributed by atoms with Crippen LogP contribution in [-0.4, -0.2) is 26.2 Å². The topological polar surface area (TPSA) is 85.6 Å². The highest BCUT2D eigenvalue weighted by Gasteiger charge is 2.13. The van der Waals surface area contributed by atoms with Gasteiger partial charge in [0.15, 0.2) is 11.5 Å². The van der Waals surface area contributed by atoms with Crippen molar-refractivity contribution >= 4 is 18.0 Å². The predicted octanol–water partition coefficient (Wildman–Crippen LogP) is 2.97. The molecule has 0 fully saturated rings. The molecule has 0 aliphatic rings. The number of hydrogen-bond donors (Lipinski definition) is 0. The first-order valence-electron chi connectivity index (χ1n) is 7.23. The summed E-state index contributed by atoms with van der Waals surface area (Å²) in [4.78, 5) is 23.4. The molecule has 0 saturated heterocycles. The normalized spacial score (nSPS) is 10.1. The van der Waals surface area contributed by atoms with Gasteiger partial charge in [0.05, 0.1) is 31.4 Å². The summed E-state index contributed by atoms with van der Waals surface area (Å²) in [7, 11) is 2.73. The van der Waals surface area contributed by atoms with Crippen LogP contribution in [-0.2, 0) is 9.53 Å². The Hall–Kier alpha value is -3.59. The molecule has 2 aromatic rings. The third kappa shape index (κ3) is 4.69.